The van der Waals surface area contributed by atoms with Gasteiger partial charge in [0.1, 0.15) is 4.34 Å². The van der Waals surface area contributed by atoms with Crippen LogP contribution in [0, 0.1) is 12.3 Å². The molecule has 58 valence electrons. The predicted octanol–water partition coefficient (Wildman–Crippen LogP) is 2.65. The summed E-state index contributed by atoms with van der Waals surface area (Å²) >= 11 is 3.46. The topological polar surface area (TPSA) is 12.9 Å². The van der Waals surface area contributed by atoms with E-state index in [1.54, 1.807) is 23.1 Å². The maximum absolute atomic E-state index is 5.12. The highest BCUT2D eigenvalue weighted by atomic mass is 32.2. The summed E-state index contributed by atoms with van der Waals surface area (Å²) < 4.78 is 1.14. The van der Waals surface area contributed by atoms with Gasteiger partial charge in [-0.1, -0.05) is 11.8 Å². The number of hydrogen-bond donors (Lipinski definition) is 0. The maximum atomic E-state index is 5.12. The molecule has 0 atom stereocenters. The standard InChI is InChI=1S/C8H9NS2/c1-2-3-4-6-10-8-9-5-7-11-8/h1,5,7H,3-4,6H2. The first-order valence-electron chi connectivity index (χ1n) is 3.39. The van der Waals surface area contributed by atoms with Crippen molar-refractivity contribution in [2.75, 3.05) is 5.75 Å². The van der Waals surface area contributed by atoms with Gasteiger partial charge in [0.2, 0.25) is 0 Å². The summed E-state index contributed by atoms with van der Waals surface area (Å²) in [6, 6.07) is 0. The molecule has 0 unspecified atom stereocenters. The monoisotopic (exact) mass is 183 g/mol. The summed E-state index contributed by atoms with van der Waals surface area (Å²) in [5.74, 6) is 3.70. The number of hydrogen-bond acceptors (Lipinski definition) is 3. The average molecular weight is 183 g/mol. The number of unbranched alkanes of at least 4 members (excludes halogenated alkanes) is 1. The van der Waals surface area contributed by atoms with Gasteiger partial charge in [-0.2, -0.15) is 0 Å². The zero-order valence-electron chi connectivity index (χ0n) is 6.12. The normalized spacial score (nSPS) is 9.36. The molecule has 0 aliphatic heterocycles. The third kappa shape index (κ3) is 3.45. The second kappa shape index (κ2) is 5.22. The molecule has 0 spiro atoms. The first kappa shape index (κ1) is 8.63. The Morgan fingerprint density at radius 1 is 1.73 bits per heavy atom. The third-order valence-corrected chi connectivity index (χ3v) is 3.15. The number of thiazole rings is 1. The van der Waals surface area contributed by atoms with Gasteiger partial charge >= 0.3 is 0 Å². The van der Waals surface area contributed by atoms with Crippen LogP contribution < -0.4 is 0 Å². The molecule has 0 saturated heterocycles. The highest BCUT2D eigenvalue weighted by molar-refractivity contribution is 8.00. The van der Waals surface area contributed by atoms with Crippen LogP contribution in [0.25, 0.3) is 0 Å². The van der Waals surface area contributed by atoms with Crippen molar-refractivity contribution >= 4 is 23.1 Å². The van der Waals surface area contributed by atoms with Crippen molar-refractivity contribution in [3.63, 3.8) is 0 Å². The number of thioether (sulfide) groups is 1. The van der Waals surface area contributed by atoms with Crippen LogP contribution in [0.15, 0.2) is 15.9 Å². The second-order valence-corrected chi connectivity index (χ2v) is 4.19. The van der Waals surface area contributed by atoms with E-state index < -0.39 is 0 Å². The summed E-state index contributed by atoms with van der Waals surface area (Å²) in [5, 5.41) is 1.99. The fourth-order valence-corrected chi connectivity index (χ4v) is 2.26. The SMILES string of the molecule is C#CCCCSc1nccs1. The first-order chi connectivity index (χ1) is 5.43. The molecule has 0 aliphatic rings. The van der Waals surface area contributed by atoms with Gasteiger partial charge in [-0.25, -0.2) is 4.98 Å². The summed E-state index contributed by atoms with van der Waals surface area (Å²) in [6.45, 7) is 0. The maximum Gasteiger partial charge on any atom is 0.149 e. The zero-order chi connectivity index (χ0) is 7.94. The van der Waals surface area contributed by atoms with Gasteiger partial charge in [0.05, 0.1) is 0 Å². The van der Waals surface area contributed by atoms with E-state index in [1.807, 2.05) is 11.6 Å². The molecule has 0 aromatic carbocycles. The second-order valence-electron chi connectivity index (χ2n) is 1.95. The molecule has 1 aromatic heterocycles. The Labute approximate surface area is 75.2 Å². The lowest BCUT2D eigenvalue weighted by atomic mass is 10.4. The van der Waals surface area contributed by atoms with E-state index in [0.29, 0.717) is 0 Å². The lowest BCUT2D eigenvalue weighted by Crippen LogP contribution is -1.77. The molecule has 0 radical (unpaired) electrons. The van der Waals surface area contributed by atoms with Gasteiger partial charge in [-0.15, -0.1) is 23.7 Å². The minimum Gasteiger partial charge on any atom is -0.238 e. The smallest absolute Gasteiger partial charge is 0.149 e. The van der Waals surface area contributed by atoms with Crippen molar-refractivity contribution in [2.45, 2.75) is 17.2 Å². The summed E-state index contributed by atoms with van der Waals surface area (Å²) in [7, 11) is 0. The number of terminal acetylenes is 1. The van der Waals surface area contributed by atoms with Gasteiger partial charge in [0, 0.05) is 23.8 Å². The van der Waals surface area contributed by atoms with Crippen molar-refractivity contribution in [1.29, 1.82) is 0 Å². The van der Waals surface area contributed by atoms with Crippen molar-refractivity contribution in [1.82, 2.24) is 4.98 Å². The molecular weight excluding hydrogens is 174 g/mol. The van der Waals surface area contributed by atoms with Crippen LogP contribution in [0.2, 0.25) is 0 Å². The molecule has 0 bridgehead atoms. The lowest BCUT2D eigenvalue weighted by Gasteiger charge is -1.92. The van der Waals surface area contributed by atoms with Gasteiger partial charge < -0.3 is 0 Å². The van der Waals surface area contributed by atoms with Crippen LogP contribution in [-0.2, 0) is 0 Å². The molecule has 1 rings (SSSR count). The van der Waals surface area contributed by atoms with Crippen LogP contribution in [0.4, 0.5) is 0 Å². The van der Waals surface area contributed by atoms with Gasteiger partial charge in [-0.3, -0.25) is 0 Å². The van der Waals surface area contributed by atoms with E-state index in [-0.39, 0.29) is 0 Å². The lowest BCUT2D eigenvalue weighted by molar-refractivity contribution is 0.996. The molecule has 0 fully saturated rings. The van der Waals surface area contributed by atoms with E-state index >= 15 is 0 Å². The average Bonchev–Trinajstić information content (AvgIpc) is 2.50. The van der Waals surface area contributed by atoms with E-state index in [0.717, 1.165) is 22.9 Å². The van der Waals surface area contributed by atoms with Crippen LogP contribution >= 0.6 is 23.1 Å². The van der Waals surface area contributed by atoms with Crippen molar-refractivity contribution in [2.24, 2.45) is 0 Å². The highest BCUT2D eigenvalue weighted by Crippen LogP contribution is 2.20. The molecule has 0 saturated carbocycles. The summed E-state index contributed by atoms with van der Waals surface area (Å²) in [4.78, 5) is 4.14. The minimum atomic E-state index is 0.873. The molecule has 0 aliphatic carbocycles. The van der Waals surface area contributed by atoms with Gasteiger partial charge in [-0.05, 0) is 6.42 Å². The zero-order valence-corrected chi connectivity index (χ0v) is 7.75. The molecule has 1 nitrogen and oxygen atoms in total. The van der Waals surface area contributed by atoms with Crippen LogP contribution in [0.5, 0.6) is 0 Å². The molecule has 1 aromatic rings. The number of aromatic nitrogens is 1. The highest BCUT2D eigenvalue weighted by Gasteiger charge is 1.93. The first-order valence-corrected chi connectivity index (χ1v) is 5.26. The Bertz CT molecular complexity index is 223. The Balaban J connectivity index is 2.10. The van der Waals surface area contributed by atoms with E-state index in [1.165, 1.54) is 0 Å². The summed E-state index contributed by atoms with van der Waals surface area (Å²) in [5.41, 5.74) is 0. The summed E-state index contributed by atoms with van der Waals surface area (Å²) in [6.07, 6.45) is 8.90. The van der Waals surface area contributed by atoms with E-state index in [2.05, 4.69) is 10.9 Å². The molecule has 11 heavy (non-hydrogen) atoms. The fraction of sp³-hybridized carbons (Fsp3) is 0.375. The van der Waals surface area contributed by atoms with Crippen molar-refractivity contribution in [3.8, 4) is 12.3 Å². The van der Waals surface area contributed by atoms with Crippen LogP contribution in [0.1, 0.15) is 12.8 Å². The van der Waals surface area contributed by atoms with Crippen LogP contribution in [0.3, 0.4) is 0 Å². The molecule has 0 amide bonds. The molecule has 1 heterocycles. The van der Waals surface area contributed by atoms with Crippen LogP contribution in [-0.4, -0.2) is 10.7 Å². The van der Waals surface area contributed by atoms with Gasteiger partial charge in [0.15, 0.2) is 0 Å². The van der Waals surface area contributed by atoms with E-state index in [9.17, 15) is 0 Å². The molecular formula is C8H9NS2. The van der Waals surface area contributed by atoms with Gasteiger partial charge in [0.25, 0.3) is 0 Å². The Hall–Kier alpha value is -0.460. The van der Waals surface area contributed by atoms with Crippen molar-refractivity contribution < 1.29 is 0 Å². The largest absolute Gasteiger partial charge is 0.238 e. The molecule has 3 heteroatoms. The Morgan fingerprint density at radius 3 is 3.27 bits per heavy atom. The predicted molar refractivity (Wildman–Crippen MR) is 50.9 cm³/mol. The Kier molecular flexibility index (Phi) is 4.10. The number of rotatable bonds is 4. The quantitative estimate of drug-likeness (QED) is 0.404. The van der Waals surface area contributed by atoms with E-state index in [4.69, 9.17) is 6.42 Å². The van der Waals surface area contributed by atoms with Crippen molar-refractivity contribution in [3.05, 3.63) is 11.6 Å². The number of nitrogens with zero attached hydrogens (tertiary/aromatic N) is 1. The molecule has 0 N–H and O–H groups in total. The third-order valence-electron chi connectivity index (χ3n) is 1.10. The Morgan fingerprint density at radius 2 is 2.64 bits per heavy atom. The minimum absolute atomic E-state index is 0.873. The fourth-order valence-electron chi connectivity index (χ4n) is 0.615.